The molecule has 0 saturated carbocycles. The summed E-state index contributed by atoms with van der Waals surface area (Å²) in [5.74, 6) is 0.569. The minimum atomic E-state index is -0.0240. The quantitative estimate of drug-likeness (QED) is 0.885. The summed E-state index contributed by atoms with van der Waals surface area (Å²) in [4.78, 5) is 31.8. The van der Waals surface area contributed by atoms with Crippen molar-refractivity contribution in [1.29, 1.82) is 0 Å². The van der Waals surface area contributed by atoms with Crippen molar-refractivity contribution in [2.24, 2.45) is 11.7 Å². The number of hydrogen-bond acceptors (Lipinski definition) is 3. The second-order valence-electron chi connectivity index (χ2n) is 6.82. The molecule has 0 spiro atoms. The zero-order valence-electron chi connectivity index (χ0n) is 13.8. The van der Waals surface area contributed by atoms with Gasteiger partial charge < -0.3 is 20.5 Å². The Balaban J connectivity index is 1.71. The van der Waals surface area contributed by atoms with Crippen molar-refractivity contribution in [1.82, 2.24) is 14.8 Å². The van der Waals surface area contributed by atoms with E-state index in [-0.39, 0.29) is 17.9 Å². The molecular weight excluding hydrogens is 292 g/mol. The van der Waals surface area contributed by atoms with E-state index in [1.807, 2.05) is 9.80 Å². The molecule has 0 aromatic carbocycles. The van der Waals surface area contributed by atoms with Crippen LogP contribution < -0.4 is 5.73 Å². The largest absolute Gasteiger partial charge is 0.356 e. The first kappa shape index (κ1) is 16.1. The summed E-state index contributed by atoms with van der Waals surface area (Å²) in [7, 11) is 0. The lowest BCUT2D eigenvalue weighted by molar-refractivity contribution is 0.0574. The van der Waals surface area contributed by atoms with Gasteiger partial charge in [0.25, 0.3) is 11.8 Å². The first-order valence-electron chi connectivity index (χ1n) is 8.59. The molecule has 2 saturated heterocycles. The molecule has 1 aromatic rings. The Morgan fingerprint density at radius 3 is 2.70 bits per heavy atom. The Hall–Kier alpha value is -1.82. The Bertz CT molecular complexity index is 577. The number of nitrogens with one attached hydrogen (secondary N) is 1. The number of piperidine rings is 1. The van der Waals surface area contributed by atoms with Crippen LogP contribution in [0.15, 0.2) is 12.3 Å². The van der Waals surface area contributed by atoms with Crippen molar-refractivity contribution in [2.75, 3.05) is 26.2 Å². The number of nitrogens with two attached hydrogens (primary N) is 1. The number of rotatable bonds is 3. The highest BCUT2D eigenvalue weighted by molar-refractivity contribution is 5.99. The molecular formula is C17H26N4O2. The van der Waals surface area contributed by atoms with Gasteiger partial charge in [0.05, 0.1) is 5.56 Å². The highest BCUT2D eigenvalue weighted by atomic mass is 16.2. The molecule has 2 atom stereocenters. The van der Waals surface area contributed by atoms with Gasteiger partial charge in [0.1, 0.15) is 5.69 Å². The van der Waals surface area contributed by atoms with Crippen LogP contribution in [-0.4, -0.2) is 58.8 Å². The molecule has 2 aliphatic heterocycles. The van der Waals surface area contributed by atoms with Crippen molar-refractivity contribution < 1.29 is 9.59 Å². The van der Waals surface area contributed by atoms with Gasteiger partial charge in [-0.25, -0.2) is 0 Å². The molecule has 0 bridgehead atoms. The first-order chi connectivity index (χ1) is 11.1. The lowest BCUT2D eigenvalue weighted by Crippen LogP contribution is -2.49. The molecule has 23 heavy (non-hydrogen) atoms. The summed E-state index contributed by atoms with van der Waals surface area (Å²) >= 11 is 0. The number of hydrogen-bond donors (Lipinski definition) is 2. The zero-order valence-corrected chi connectivity index (χ0v) is 13.8. The fourth-order valence-corrected chi connectivity index (χ4v) is 3.64. The van der Waals surface area contributed by atoms with Crippen LogP contribution in [0.1, 0.15) is 53.5 Å². The van der Waals surface area contributed by atoms with Gasteiger partial charge in [-0.1, -0.05) is 6.92 Å². The Morgan fingerprint density at radius 2 is 2.00 bits per heavy atom. The SMILES string of the molecule is CC1CCN(C(=O)c2c[nH]c(C(=O)N3CCCC3)c2)C(CN)C1. The number of amides is 2. The summed E-state index contributed by atoms with van der Waals surface area (Å²) in [6.45, 7) is 5.04. The fourth-order valence-electron chi connectivity index (χ4n) is 3.64. The average molecular weight is 318 g/mol. The number of H-pyrrole nitrogens is 1. The summed E-state index contributed by atoms with van der Waals surface area (Å²) < 4.78 is 0. The van der Waals surface area contributed by atoms with Crippen LogP contribution in [0.3, 0.4) is 0 Å². The van der Waals surface area contributed by atoms with E-state index in [1.165, 1.54) is 0 Å². The number of carbonyl (C=O) groups is 2. The Morgan fingerprint density at radius 1 is 1.26 bits per heavy atom. The van der Waals surface area contributed by atoms with Gasteiger partial charge in [0, 0.05) is 38.4 Å². The number of nitrogens with zero attached hydrogens (tertiary/aromatic N) is 2. The maximum atomic E-state index is 12.8. The summed E-state index contributed by atoms with van der Waals surface area (Å²) in [6, 6.07) is 1.79. The predicted octanol–water partition coefficient (Wildman–Crippen LogP) is 1.45. The van der Waals surface area contributed by atoms with Crippen LogP contribution >= 0.6 is 0 Å². The van der Waals surface area contributed by atoms with E-state index in [4.69, 9.17) is 5.73 Å². The van der Waals surface area contributed by atoms with Crippen molar-refractivity contribution in [2.45, 2.75) is 38.6 Å². The summed E-state index contributed by atoms with van der Waals surface area (Å²) in [5.41, 5.74) is 6.91. The van der Waals surface area contributed by atoms with Crippen LogP contribution in [0.4, 0.5) is 0 Å². The maximum absolute atomic E-state index is 12.8. The molecule has 0 aliphatic carbocycles. The highest BCUT2D eigenvalue weighted by Gasteiger charge is 2.30. The molecule has 3 heterocycles. The van der Waals surface area contributed by atoms with Crippen LogP contribution in [0.5, 0.6) is 0 Å². The van der Waals surface area contributed by atoms with E-state index in [2.05, 4.69) is 11.9 Å². The third-order valence-corrected chi connectivity index (χ3v) is 5.06. The third kappa shape index (κ3) is 3.27. The van der Waals surface area contributed by atoms with Crippen LogP contribution in [-0.2, 0) is 0 Å². The molecule has 3 N–H and O–H groups in total. The number of likely N-dealkylation sites (tertiary alicyclic amines) is 2. The second kappa shape index (κ2) is 6.74. The maximum Gasteiger partial charge on any atom is 0.270 e. The molecule has 6 heteroatoms. The first-order valence-corrected chi connectivity index (χ1v) is 8.59. The van der Waals surface area contributed by atoms with Gasteiger partial charge in [-0.2, -0.15) is 0 Å². The summed E-state index contributed by atoms with van der Waals surface area (Å²) in [5, 5.41) is 0. The van der Waals surface area contributed by atoms with Gasteiger partial charge in [-0.15, -0.1) is 0 Å². The minimum absolute atomic E-state index is 0.0100. The molecule has 3 rings (SSSR count). The standard InChI is InChI=1S/C17H26N4O2/c1-12-4-7-21(14(8-12)10-18)16(22)13-9-15(19-11-13)17(23)20-5-2-3-6-20/h9,11-12,14,19H,2-8,10,18H2,1H3. The lowest BCUT2D eigenvalue weighted by Gasteiger charge is -2.37. The van der Waals surface area contributed by atoms with Crippen LogP contribution in [0.2, 0.25) is 0 Å². The number of carbonyl (C=O) groups excluding carboxylic acids is 2. The van der Waals surface area contributed by atoms with E-state index in [9.17, 15) is 9.59 Å². The van der Waals surface area contributed by atoms with Crippen molar-refractivity contribution in [3.8, 4) is 0 Å². The highest BCUT2D eigenvalue weighted by Crippen LogP contribution is 2.24. The third-order valence-electron chi connectivity index (χ3n) is 5.06. The molecule has 0 radical (unpaired) electrons. The smallest absolute Gasteiger partial charge is 0.270 e. The second-order valence-corrected chi connectivity index (χ2v) is 6.82. The van der Waals surface area contributed by atoms with E-state index in [0.717, 1.165) is 45.3 Å². The molecule has 2 aliphatic rings. The Labute approximate surface area is 137 Å². The summed E-state index contributed by atoms with van der Waals surface area (Å²) in [6.07, 6.45) is 5.72. The Kier molecular flexibility index (Phi) is 4.71. The van der Waals surface area contributed by atoms with Crippen molar-refractivity contribution in [3.05, 3.63) is 23.5 Å². The van der Waals surface area contributed by atoms with Crippen molar-refractivity contribution in [3.63, 3.8) is 0 Å². The molecule has 6 nitrogen and oxygen atoms in total. The molecule has 2 amide bonds. The van der Waals surface area contributed by atoms with Gasteiger partial charge in [-0.3, -0.25) is 9.59 Å². The van der Waals surface area contributed by atoms with Crippen molar-refractivity contribution >= 4 is 11.8 Å². The van der Waals surface area contributed by atoms with Gasteiger partial charge >= 0.3 is 0 Å². The molecule has 2 unspecified atom stereocenters. The van der Waals surface area contributed by atoms with E-state index >= 15 is 0 Å². The van der Waals surface area contributed by atoms with E-state index in [1.54, 1.807) is 12.3 Å². The van der Waals surface area contributed by atoms with Gasteiger partial charge in [0.15, 0.2) is 0 Å². The topological polar surface area (TPSA) is 82.4 Å². The van der Waals surface area contributed by atoms with Gasteiger partial charge in [0.2, 0.25) is 0 Å². The number of aromatic amines is 1. The number of aromatic nitrogens is 1. The van der Waals surface area contributed by atoms with Crippen LogP contribution in [0.25, 0.3) is 0 Å². The van der Waals surface area contributed by atoms with E-state index in [0.29, 0.717) is 23.7 Å². The molecule has 126 valence electrons. The normalized spacial score (nSPS) is 25.0. The zero-order chi connectivity index (χ0) is 16.4. The average Bonchev–Trinajstić information content (AvgIpc) is 3.25. The van der Waals surface area contributed by atoms with E-state index < -0.39 is 0 Å². The molecule has 1 aromatic heterocycles. The lowest BCUT2D eigenvalue weighted by atomic mass is 9.92. The van der Waals surface area contributed by atoms with Gasteiger partial charge in [-0.05, 0) is 37.7 Å². The predicted molar refractivity (Wildman–Crippen MR) is 88.2 cm³/mol. The van der Waals surface area contributed by atoms with Crippen LogP contribution in [0, 0.1) is 5.92 Å². The monoisotopic (exact) mass is 318 g/mol. The fraction of sp³-hybridized carbons (Fsp3) is 0.647. The minimum Gasteiger partial charge on any atom is -0.356 e. The molecule has 2 fully saturated rings.